The fourth-order valence-corrected chi connectivity index (χ4v) is 1.67. The molecule has 0 saturated carbocycles. The van der Waals surface area contributed by atoms with Crippen molar-refractivity contribution in [3.05, 3.63) is 22.2 Å². The molecule has 1 aromatic heterocycles. The van der Waals surface area contributed by atoms with Gasteiger partial charge in [0, 0.05) is 31.5 Å². The molecular weight excluding hydrogens is 248 g/mol. The van der Waals surface area contributed by atoms with Gasteiger partial charge in [0.2, 0.25) is 0 Å². The van der Waals surface area contributed by atoms with Crippen LogP contribution in [-0.2, 0) is 0 Å². The normalized spacial score (nSPS) is 10.7. The van der Waals surface area contributed by atoms with Crippen molar-refractivity contribution in [3.8, 4) is 0 Å². The Bertz CT molecular complexity index is 469. The van der Waals surface area contributed by atoms with Crippen molar-refractivity contribution in [1.29, 1.82) is 0 Å². The van der Waals surface area contributed by atoms with Crippen LogP contribution in [0.2, 0.25) is 0 Å². The van der Waals surface area contributed by atoms with Gasteiger partial charge >= 0.3 is 0 Å². The van der Waals surface area contributed by atoms with E-state index in [1.165, 1.54) is 6.07 Å². The highest BCUT2D eigenvalue weighted by molar-refractivity contribution is 7.80. The first-order chi connectivity index (χ1) is 8.43. The van der Waals surface area contributed by atoms with Gasteiger partial charge in [-0.15, -0.1) is 0 Å². The minimum atomic E-state index is -0.127. The molecule has 6 heteroatoms. The summed E-state index contributed by atoms with van der Waals surface area (Å²) >= 11 is 4.87. The molecule has 1 aromatic rings. The van der Waals surface area contributed by atoms with Crippen molar-refractivity contribution in [2.45, 2.75) is 33.1 Å². The van der Waals surface area contributed by atoms with Crippen molar-refractivity contribution >= 4 is 23.0 Å². The molecule has 1 rings (SSSR count). The van der Waals surface area contributed by atoms with E-state index < -0.39 is 0 Å². The molecule has 0 radical (unpaired) electrons. The summed E-state index contributed by atoms with van der Waals surface area (Å²) in [7, 11) is 0. The monoisotopic (exact) mass is 268 g/mol. The van der Waals surface area contributed by atoms with Gasteiger partial charge in [0.05, 0.1) is 4.99 Å². The Morgan fingerprint density at radius 2 is 2.28 bits per heavy atom. The number of thiocarbonyl (C=S) groups is 1. The van der Waals surface area contributed by atoms with E-state index in [4.69, 9.17) is 18.0 Å². The van der Waals surface area contributed by atoms with Gasteiger partial charge in [0.25, 0.3) is 5.56 Å². The second kappa shape index (κ2) is 6.49. The fraction of sp³-hybridized carbons (Fsp3) is 0.583. The predicted molar refractivity (Wildman–Crippen MR) is 78.2 cm³/mol. The molecule has 0 amide bonds. The molecule has 0 spiro atoms. The third-order valence-electron chi connectivity index (χ3n) is 2.63. The van der Waals surface area contributed by atoms with E-state index >= 15 is 0 Å². The average molecular weight is 268 g/mol. The first kappa shape index (κ1) is 14.6. The van der Waals surface area contributed by atoms with Gasteiger partial charge in [0.15, 0.2) is 0 Å². The van der Waals surface area contributed by atoms with E-state index in [9.17, 15) is 4.79 Å². The summed E-state index contributed by atoms with van der Waals surface area (Å²) in [4.78, 5) is 21.3. The second-order valence-corrected chi connectivity index (χ2v) is 4.96. The zero-order valence-corrected chi connectivity index (χ0v) is 11.9. The number of H-pyrrole nitrogens is 1. The lowest BCUT2D eigenvalue weighted by Gasteiger charge is -2.22. The summed E-state index contributed by atoms with van der Waals surface area (Å²) in [5.41, 5.74) is 5.37. The van der Waals surface area contributed by atoms with E-state index in [-0.39, 0.29) is 11.5 Å². The predicted octanol–water partition coefficient (Wildman–Crippen LogP) is 1.40. The van der Waals surface area contributed by atoms with Crippen molar-refractivity contribution in [3.63, 3.8) is 0 Å². The van der Waals surface area contributed by atoms with E-state index in [0.717, 1.165) is 6.54 Å². The maximum atomic E-state index is 11.6. The summed E-state index contributed by atoms with van der Waals surface area (Å²) in [6.07, 6.45) is 0.620. The van der Waals surface area contributed by atoms with Crippen LogP contribution in [0.4, 0.5) is 5.82 Å². The molecule has 0 aliphatic rings. The average Bonchev–Trinajstić information content (AvgIpc) is 2.28. The first-order valence-corrected chi connectivity index (χ1v) is 6.49. The van der Waals surface area contributed by atoms with Gasteiger partial charge in [-0.2, -0.15) is 0 Å². The number of hydrogen-bond donors (Lipinski definition) is 2. The highest BCUT2D eigenvalue weighted by Crippen LogP contribution is 2.13. The zero-order chi connectivity index (χ0) is 13.7. The molecule has 0 unspecified atom stereocenters. The molecule has 0 aliphatic heterocycles. The lowest BCUT2D eigenvalue weighted by Crippen LogP contribution is -2.29. The molecule has 0 aliphatic carbocycles. The largest absolute Gasteiger partial charge is 0.393 e. The van der Waals surface area contributed by atoms with Gasteiger partial charge in [0.1, 0.15) is 11.6 Å². The van der Waals surface area contributed by atoms with Crippen LogP contribution in [0.3, 0.4) is 0 Å². The molecule has 0 atom stereocenters. The van der Waals surface area contributed by atoms with E-state index in [1.807, 2.05) is 25.7 Å². The van der Waals surface area contributed by atoms with Crippen LogP contribution in [-0.4, -0.2) is 28.0 Å². The number of aromatic amines is 1. The Hall–Kier alpha value is -1.43. The summed E-state index contributed by atoms with van der Waals surface area (Å²) < 4.78 is 0. The van der Waals surface area contributed by atoms with Gasteiger partial charge in [-0.05, 0) is 6.92 Å². The number of nitrogens with two attached hydrogens (primary N) is 1. The highest BCUT2D eigenvalue weighted by atomic mass is 32.1. The Balaban J connectivity index is 2.98. The van der Waals surface area contributed by atoms with Crippen molar-refractivity contribution in [2.75, 3.05) is 18.0 Å². The van der Waals surface area contributed by atoms with Crippen LogP contribution in [0.5, 0.6) is 0 Å². The van der Waals surface area contributed by atoms with Crippen molar-refractivity contribution in [1.82, 2.24) is 9.97 Å². The molecule has 3 N–H and O–H groups in total. The van der Waals surface area contributed by atoms with E-state index in [1.54, 1.807) is 0 Å². The lowest BCUT2D eigenvalue weighted by atomic mass is 10.2. The quantitative estimate of drug-likeness (QED) is 0.763. The Kier molecular flexibility index (Phi) is 5.27. The van der Waals surface area contributed by atoms with Crippen LogP contribution in [0.25, 0.3) is 0 Å². The standard InChI is InChI=1S/C12H20N4OS/c1-4-16(6-5-9(13)18)10-7-11(17)15-12(14-10)8(2)3/h7-8H,4-6H2,1-3H3,(H2,13,18)(H,14,15,17). The second-order valence-electron chi connectivity index (χ2n) is 4.44. The van der Waals surface area contributed by atoms with Crippen LogP contribution < -0.4 is 16.2 Å². The molecular formula is C12H20N4OS. The third-order valence-corrected chi connectivity index (χ3v) is 2.83. The molecule has 0 saturated heterocycles. The molecule has 0 aromatic carbocycles. The molecule has 5 nitrogen and oxygen atoms in total. The molecule has 1 heterocycles. The fourth-order valence-electron chi connectivity index (χ4n) is 1.58. The zero-order valence-electron chi connectivity index (χ0n) is 11.1. The number of rotatable bonds is 6. The van der Waals surface area contributed by atoms with Crippen molar-refractivity contribution < 1.29 is 0 Å². The number of nitrogens with one attached hydrogen (secondary N) is 1. The number of anilines is 1. The number of nitrogens with zero attached hydrogens (tertiary/aromatic N) is 2. The van der Waals surface area contributed by atoms with Gasteiger partial charge in [-0.3, -0.25) is 4.79 Å². The Morgan fingerprint density at radius 3 is 2.78 bits per heavy atom. The first-order valence-electron chi connectivity index (χ1n) is 6.08. The summed E-state index contributed by atoms with van der Waals surface area (Å²) in [5, 5.41) is 0. The van der Waals surface area contributed by atoms with Crippen LogP contribution in [0.15, 0.2) is 10.9 Å². The van der Waals surface area contributed by atoms with Gasteiger partial charge in [-0.25, -0.2) is 4.98 Å². The number of hydrogen-bond acceptors (Lipinski definition) is 4. The molecule has 0 bridgehead atoms. The molecule has 0 fully saturated rings. The SMILES string of the molecule is CCN(CCC(N)=S)c1cc(=O)[nH]c(C(C)C)n1. The minimum absolute atomic E-state index is 0.127. The number of aromatic nitrogens is 2. The van der Waals surface area contributed by atoms with Crippen LogP contribution in [0.1, 0.15) is 38.9 Å². The minimum Gasteiger partial charge on any atom is -0.393 e. The van der Waals surface area contributed by atoms with E-state index in [0.29, 0.717) is 29.6 Å². The maximum Gasteiger partial charge on any atom is 0.252 e. The summed E-state index contributed by atoms with van der Waals surface area (Å²) in [6.45, 7) is 7.44. The smallest absolute Gasteiger partial charge is 0.252 e. The van der Waals surface area contributed by atoms with Gasteiger partial charge < -0.3 is 15.6 Å². The third kappa shape index (κ3) is 4.10. The van der Waals surface area contributed by atoms with Gasteiger partial charge in [-0.1, -0.05) is 26.1 Å². The molecule has 100 valence electrons. The van der Waals surface area contributed by atoms with E-state index in [2.05, 4.69) is 9.97 Å². The molecule has 18 heavy (non-hydrogen) atoms. The summed E-state index contributed by atoms with van der Waals surface area (Å²) in [5.74, 6) is 1.57. The summed E-state index contributed by atoms with van der Waals surface area (Å²) in [6, 6.07) is 1.51. The Labute approximate surface area is 112 Å². The van der Waals surface area contributed by atoms with Crippen molar-refractivity contribution in [2.24, 2.45) is 5.73 Å². The highest BCUT2D eigenvalue weighted by Gasteiger charge is 2.10. The maximum absolute atomic E-state index is 11.6. The van der Waals surface area contributed by atoms with Crippen LogP contribution >= 0.6 is 12.2 Å². The van der Waals surface area contributed by atoms with Crippen LogP contribution in [0, 0.1) is 0 Å². The lowest BCUT2D eigenvalue weighted by molar-refractivity contribution is 0.743. The Morgan fingerprint density at radius 1 is 1.61 bits per heavy atom. The topological polar surface area (TPSA) is 75.0 Å².